The van der Waals surface area contributed by atoms with Gasteiger partial charge in [-0.25, -0.2) is 9.18 Å². The minimum absolute atomic E-state index is 0.110. The molecule has 1 saturated carbocycles. The number of carbonyl (C=O) groups is 1. The van der Waals surface area contributed by atoms with Gasteiger partial charge in [-0.1, -0.05) is 0 Å². The summed E-state index contributed by atoms with van der Waals surface area (Å²) in [7, 11) is 0. The Morgan fingerprint density at radius 2 is 2.04 bits per heavy atom. The molecule has 0 aliphatic heterocycles. The lowest BCUT2D eigenvalue weighted by atomic mass is 10.1. The molecule has 134 valence electrons. The van der Waals surface area contributed by atoms with E-state index in [1.54, 1.807) is 20.8 Å². The van der Waals surface area contributed by atoms with Crippen molar-refractivity contribution in [1.29, 1.82) is 0 Å². The number of hydrogen-bond acceptors (Lipinski definition) is 4. The molecule has 1 fully saturated rings. The van der Waals surface area contributed by atoms with Crippen LogP contribution < -0.4 is 10.2 Å². The smallest absolute Gasteiger partial charge is 0.343 e. The minimum Gasteiger partial charge on any atom is -0.486 e. The van der Waals surface area contributed by atoms with Crippen molar-refractivity contribution in [1.82, 2.24) is 4.57 Å². The Balaban J connectivity index is 2.28. The fourth-order valence-corrected chi connectivity index (χ4v) is 2.61. The van der Waals surface area contributed by atoms with Crippen molar-refractivity contribution in [3.05, 3.63) is 39.7 Å². The molecule has 0 spiro atoms. The van der Waals surface area contributed by atoms with E-state index in [1.165, 1.54) is 10.8 Å². The summed E-state index contributed by atoms with van der Waals surface area (Å²) < 4.78 is 40.4. The van der Waals surface area contributed by atoms with Crippen LogP contribution in [-0.4, -0.2) is 22.7 Å². The summed E-state index contributed by atoms with van der Waals surface area (Å²) in [5.74, 6) is -3.43. The average molecular weight is 351 g/mol. The first-order chi connectivity index (χ1) is 11.8. The summed E-state index contributed by atoms with van der Waals surface area (Å²) in [6.07, 6.45) is 2.28. The van der Waals surface area contributed by atoms with Gasteiger partial charge >= 0.3 is 5.97 Å². The van der Waals surface area contributed by atoms with E-state index in [0.29, 0.717) is 6.54 Å². The number of carbonyl (C=O) groups excluding carboxylic acids is 1. The first kappa shape index (κ1) is 17.4. The van der Waals surface area contributed by atoms with Gasteiger partial charge in [0.1, 0.15) is 11.7 Å². The van der Waals surface area contributed by atoms with Crippen LogP contribution in [0.2, 0.25) is 0 Å². The third-order valence-corrected chi connectivity index (χ3v) is 3.92. The molecule has 1 aromatic carbocycles. The number of aryl methyl sites for hydroxylation is 1. The fraction of sp³-hybridized carbons (Fsp3) is 0.444. The molecule has 0 saturated heterocycles. The van der Waals surface area contributed by atoms with Crippen LogP contribution in [0.15, 0.2) is 17.1 Å². The predicted molar refractivity (Wildman–Crippen MR) is 88.0 cm³/mol. The number of halogens is 2. The standard InChI is InChI=1S/C18H19F2NO4/c1-4-21-8-12(18(23)25-10-5-6-10)16(22)11-7-13(19)14(20)17(15(11)21)24-9(2)3/h7-10H,4-6H2,1-3H3. The molecule has 7 heteroatoms. The monoisotopic (exact) mass is 351 g/mol. The van der Waals surface area contributed by atoms with Crippen LogP contribution in [0.3, 0.4) is 0 Å². The first-order valence-corrected chi connectivity index (χ1v) is 8.26. The molecule has 1 aromatic heterocycles. The summed E-state index contributed by atoms with van der Waals surface area (Å²) in [6, 6.07) is 0.806. The van der Waals surface area contributed by atoms with Crippen LogP contribution in [0.5, 0.6) is 5.75 Å². The third-order valence-electron chi connectivity index (χ3n) is 3.92. The summed E-state index contributed by atoms with van der Waals surface area (Å²) >= 11 is 0. The van der Waals surface area contributed by atoms with Crippen LogP contribution >= 0.6 is 0 Å². The molecule has 2 aromatic rings. The Morgan fingerprint density at radius 3 is 2.60 bits per heavy atom. The van der Waals surface area contributed by atoms with Crippen molar-refractivity contribution in [3.63, 3.8) is 0 Å². The van der Waals surface area contributed by atoms with Gasteiger partial charge in [-0.3, -0.25) is 4.79 Å². The number of ether oxygens (including phenoxy) is 2. The molecule has 1 aliphatic carbocycles. The number of rotatable bonds is 5. The topological polar surface area (TPSA) is 57.5 Å². The number of esters is 1. The molecule has 1 aliphatic rings. The molecular weight excluding hydrogens is 332 g/mol. The average Bonchev–Trinajstić information content (AvgIpc) is 3.36. The largest absolute Gasteiger partial charge is 0.486 e. The zero-order valence-electron chi connectivity index (χ0n) is 14.3. The van der Waals surface area contributed by atoms with E-state index in [-0.39, 0.29) is 28.3 Å². The normalized spacial score (nSPS) is 14.2. The van der Waals surface area contributed by atoms with Gasteiger partial charge in [0.25, 0.3) is 0 Å². The quantitative estimate of drug-likeness (QED) is 0.775. The molecule has 1 heterocycles. The van der Waals surface area contributed by atoms with Gasteiger partial charge < -0.3 is 14.0 Å². The fourth-order valence-electron chi connectivity index (χ4n) is 2.61. The lowest BCUT2D eigenvalue weighted by Gasteiger charge is -2.18. The second kappa shape index (κ2) is 6.46. The zero-order chi connectivity index (χ0) is 18.3. The Bertz CT molecular complexity index is 900. The van der Waals surface area contributed by atoms with E-state index in [1.807, 2.05) is 0 Å². The molecule has 0 amide bonds. The molecule has 0 atom stereocenters. The Morgan fingerprint density at radius 1 is 1.36 bits per heavy atom. The van der Waals surface area contributed by atoms with E-state index in [4.69, 9.17) is 9.47 Å². The molecule has 3 rings (SSSR count). The highest BCUT2D eigenvalue weighted by Crippen LogP contribution is 2.31. The minimum atomic E-state index is -1.20. The molecule has 0 radical (unpaired) electrons. The van der Waals surface area contributed by atoms with Crippen molar-refractivity contribution < 1.29 is 23.0 Å². The van der Waals surface area contributed by atoms with Crippen molar-refractivity contribution in [2.45, 2.75) is 52.4 Å². The number of aromatic nitrogens is 1. The first-order valence-electron chi connectivity index (χ1n) is 8.26. The van der Waals surface area contributed by atoms with E-state index < -0.39 is 29.1 Å². The van der Waals surface area contributed by atoms with E-state index in [0.717, 1.165) is 18.9 Å². The molecular formula is C18H19F2NO4. The summed E-state index contributed by atoms with van der Waals surface area (Å²) in [5.41, 5.74) is -0.760. The second-order valence-electron chi connectivity index (χ2n) is 6.33. The maximum absolute atomic E-state index is 14.3. The molecule has 0 N–H and O–H groups in total. The number of pyridine rings is 1. The van der Waals surface area contributed by atoms with Crippen LogP contribution in [0.4, 0.5) is 8.78 Å². The van der Waals surface area contributed by atoms with Gasteiger partial charge in [-0.15, -0.1) is 0 Å². The maximum atomic E-state index is 14.3. The molecule has 0 bridgehead atoms. The summed E-state index contributed by atoms with van der Waals surface area (Å²) in [6.45, 7) is 5.44. The van der Waals surface area contributed by atoms with Crippen molar-refractivity contribution >= 4 is 16.9 Å². The van der Waals surface area contributed by atoms with Crippen molar-refractivity contribution in [2.75, 3.05) is 0 Å². The van der Waals surface area contributed by atoms with Gasteiger partial charge in [0.05, 0.1) is 17.0 Å². The summed E-state index contributed by atoms with van der Waals surface area (Å²) in [5, 5.41) is -0.110. The Hall–Kier alpha value is -2.44. The van der Waals surface area contributed by atoms with Gasteiger partial charge in [-0.2, -0.15) is 4.39 Å². The van der Waals surface area contributed by atoms with Gasteiger partial charge in [0, 0.05) is 12.7 Å². The number of nitrogens with zero attached hydrogens (tertiary/aromatic N) is 1. The SMILES string of the molecule is CCn1cc(C(=O)OC2CC2)c(=O)c2cc(F)c(F)c(OC(C)C)c21. The molecule has 5 nitrogen and oxygen atoms in total. The highest BCUT2D eigenvalue weighted by Gasteiger charge is 2.29. The van der Waals surface area contributed by atoms with E-state index >= 15 is 0 Å². The highest BCUT2D eigenvalue weighted by atomic mass is 19.2. The van der Waals surface area contributed by atoms with Gasteiger partial charge in [-0.05, 0) is 39.7 Å². The molecule has 25 heavy (non-hydrogen) atoms. The third kappa shape index (κ3) is 3.23. The Kier molecular flexibility index (Phi) is 4.49. The van der Waals surface area contributed by atoms with E-state index in [9.17, 15) is 18.4 Å². The van der Waals surface area contributed by atoms with Crippen LogP contribution in [0, 0.1) is 11.6 Å². The zero-order valence-corrected chi connectivity index (χ0v) is 14.3. The lowest BCUT2D eigenvalue weighted by molar-refractivity contribution is 0.0470. The van der Waals surface area contributed by atoms with Crippen LogP contribution in [0.1, 0.15) is 44.0 Å². The van der Waals surface area contributed by atoms with Crippen LogP contribution in [-0.2, 0) is 11.3 Å². The van der Waals surface area contributed by atoms with Gasteiger partial charge in [0.2, 0.25) is 11.2 Å². The molecule has 0 unspecified atom stereocenters. The second-order valence-corrected chi connectivity index (χ2v) is 6.33. The highest BCUT2D eigenvalue weighted by molar-refractivity contribution is 5.95. The lowest BCUT2D eigenvalue weighted by Crippen LogP contribution is -2.22. The van der Waals surface area contributed by atoms with Crippen LogP contribution in [0.25, 0.3) is 10.9 Å². The summed E-state index contributed by atoms with van der Waals surface area (Å²) in [4.78, 5) is 24.9. The van der Waals surface area contributed by atoms with Crippen molar-refractivity contribution in [2.24, 2.45) is 0 Å². The van der Waals surface area contributed by atoms with Crippen molar-refractivity contribution in [3.8, 4) is 5.75 Å². The maximum Gasteiger partial charge on any atom is 0.343 e. The Labute approximate surface area is 143 Å². The number of fused-ring (bicyclic) bond motifs is 1. The predicted octanol–water partition coefficient (Wildman–Crippen LogP) is 3.41. The van der Waals surface area contributed by atoms with E-state index in [2.05, 4.69) is 0 Å². The van der Waals surface area contributed by atoms with Gasteiger partial charge in [0.15, 0.2) is 11.6 Å². The number of hydrogen-bond donors (Lipinski definition) is 0. The number of benzene rings is 1.